The first-order chi connectivity index (χ1) is 13.7. The number of fused-ring (bicyclic) bond motifs is 1. The van der Waals surface area contributed by atoms with E-state index in [4.69, 9.17) is 11.6 Å². The summed E-state index contributed by atoms with van der Waals surface area (Å²) in [6.07, 6.45) is 0.765. The first-order valence-corrected chi connectivity index (χ1v) is 10.6. The molecule has 5 heteroatoms. The fourth-order valence-electron chi connectivity index (χ4n) is 5.28. The molecule has 2 aromatic carbocycles. The number of benzene rings is 2. The Kier molecular flexibility index (Phi) is 4.66. The third-order valence-electron chi connectivity index (χ3n) is 6.80. The lowest BCUT2D eigenvalue weighted by Crippen LogP contribution is -2.63. The molecule has 3 heterocycles. The molecule has 2 N–H and O–H groups in total. The van der Waals surface area contributed by atoms with Crippen LogP contribution in [0.1, 0.15) is 17.2 Å². The predicted molar refractivity (Wildman–Crippen MR) is 111 cm³/mol. The van der Waals surface area contributed by atoms with Gasteiger partial charge in [-0.1, -0.05) is 54.1 Å². The molecule has 3 fully saturated rings. The Labute approximate surface area is 171 Å². The minimum atomic E-state index is -0.340. The molecule has 3 aliphatic rings. The largest absolute Gasteiger partial charge is 0.334 e. The molecular formula is C23H26ClN3O. The van der Waals surface area contributed by atoms with E-state index in [9.17, 15) is 4.79 Å². The van der Waals surface area contributed by atoms with Gasteiger partial charge in [0.05, 0.1) is 11.5 Å². The van der Waals surface area contributed by atoms with Gasteiger partial charge >= 0.3 is 0 Å². The van der Waals surface area contributed by atoms with Crippen LogP contribution in [0.2, 0.25) is 5.02 Å². The number of carbonyl (C=O) groups excluding carboxylic acids is 1. The van der Waals surface area contributed by atoms with Crippen LogP contribution in [-0.2, 0) is 11.2 Å². The summed E-state index contributed by atoms with van der Waals surface area (Å²) in [4.78, 5) is 16.1. The molecular weight excluding hydrogens is 370 g/mol. The SMILES string of the molecule is O=C(N1C[C@@H]2CNC[C@@H]2[C@H]1c1ccccc1)C1(Cc2ccc(Cl)cc2)CNC1. The summed E-state index contributed by atoms with van der Waals surface area (Å²) in [5, 5.41) is 7.63. The lowest BCUT2D eigenvalue weighted by molar-refractivity contribution is -0.147. The maximum Gasteiger partial charge on any atom is 0.232 e. The zero-order valence-corrected chi connectivity index (χ0v) is 16.7. The van der Waals surface area contributed by atoms with E-state index in [0.29, 0.717) is 17.7 Å². The Balaban J connectivity index is 1.44. The normalized spacial score (nSPS) is 28.0. The number of halogens is 1. The number of hydrogen-bond acceptors (Lipinski definition) is 3. The predicted octanol–water partition coefficient (Wildman–Crippen LogP) is 2.89. The van der Waals surface area contributed by atoms with Crippen LogP contribution in [0.4, 0.5) is 0 Å². The number of likely N-dealkylation sites (tertiary alicyclic amines) is 1. The highest BCUT2D eigenvalue weighted by Gasteiger charge is 2.53. The molecule has 146 valence electrons. The fraction of sp³-hybridized carbons (Fsp3) is 0.435. The maximum absolute atomic E-state index is 13.9. The fourth-order valence-corrected chi connectivity index (χ4v) is 5.41. The summed E-state index contributed by atoms with van der Waals surface area (Å²) in [6, 6.07) is 18.7. The minimum absolute atomic E-state index is 0.177. The summed E-state index contributed by atoms with van der Waals surface area (Å²) in [6.45, 7) is 4.37. The Morgan fingerprint density at radius 3 is 2.46 bits per heavy atom. The Morgan fingerprint density at radius 2 is 1.79 bits per heavy atom. The number of carbonyl (C=O) groups is 1. The van der Waals surface area contributed by atoms with E-state index >= 15 is 0 Å². The molecule has 0 radical (unpaired) electrons. The average Bonchev–Trinajstić information content (AvgIpc) is 3.27. The van der Waals surface area contributed by atoms with Gasteiger partial charge in [0.2, 0.25) is 5.91 Å². The third kappa shape index (κ3) is 3.04. The second kappa shape index (κ2) is 7.18. The van der Waals surface area contributed by atoms with Crippen LogP contribution in [0.5, 0.6) is 0 Å². The van der Waals surface area contributed by atoms with Gasteiger partial charge in [-0.2, -0.15) is 0 Å². The quantitative estimate of drug-likeness (QED) is 0.836. The van der Waals surface area contributed by atoms with Crippen molar-refractivity contribution in [1.29, 1.82) is 0 Å². The second-order valence-electron chi connectivity index (χ2n) is 8.58. The van der Waals surface area contributed by atoms with Gasteiger partial charge in [0.1, 0.15) is 0 Å². The first-order valence-electron chi connectivity index (χ1n) is 10.2. The van der Waals surface area contributed by atoms with Crippen molar-refractivity contribution in [2.75, 3.05) is 32.7 Å². The Hall–Kier alpha value is -1.88. The molecule has 0 aliphatic carbocycles. The maximum atomic E-state index is 13.9. The van der Waals surface area contributed by atoms with Gasteiger partial charge in [-0.25, -0.2) is 0 Å². The van der Waals surface area contributed by atoms with Crippen molar-refractivity contribution in [2.24, 2.45) is 17.3 Å². The van der Waals surface area contributed by atoms with Gasteiger partial charge in [-0.05, 0) is 35.6 Å². The Bertz CT molecular complexity index is 850. The molecule has 0 aromatic heterocycles. The molecule has 0 spiro atoms. The minimum Gasteiger partial charge on any atom is -0.334 e. The molecule has 3 aliphatic heterocycles. The van der Waals surface area contributed by atoms with Crippen LogP contribution in [0.15, 0.2) is 54.6 Å². The van der Waals surface area contributed by atoms with Crippen molar-refractivity contribution in [3.05, 3.63) is 70.7 Å². The van der Waals surface area contributed by atoms with Gasteiger partial charge in [0, 0.05) is 43.7 Å². The van der Waals surface area contributed by atoms with Gasteiger partial charge < -0.3 is 15.5 Å². The van der Waals surface area contributed by atoms with Crippen LogP contribution in [-0.4, -0.2) is 43.5 Å². The monoisotopic (exact) mass is 395 g/mol. The van der Waals surface area contributed by atoms with Crippen molar-refractivity contribution in [1.82, 2.24) is 15.5 Å². The average molecular weight is 396 g/mol. The van der Waals surface area contributed by atoms with E-state index in [1.54, 1.807) is 0 Å². The molecule has 1 amide bonds. The van der Waals surface area contributed by atoms with E-state index in [2.05, 4.69) is 39.8 Å². The highest BCUT2D eigenvalue weighted by Crippen LogP contribution is 2.45. The lowest BCUT2D eigenvalue weighted by atomic mass is 9.74. The molecule has 28 heavy (non-hydrogen) atoms. The number of rotatable bonds is 4. The number of nitrogens with zero attached hydrogens (tertiary/aromatic N) is 1. The van der Waals surface area contributed by atoms with Gasteiger partial charge in [-0.15, -0.1) is 0 Å². The molecule has 0 saturated carbocycles. The van der Waals surface area contributed by atoms with E-state index < -0.39 is 0 Å². The van der Waals surface area contributed by atoms with Crippen LogP contribution in [0.3, 0.4) is 0 Å². The zero-order valence-electron chi connectivity index (χ0n) is 15.9. The molecule has 3 saturated heterocycles. The van der Waals surface area contributed by atoms with E-state index in [0.717, 1.165) is 44.2 Å². The number of nitrogens with one attached hydrogen (secondary N) is 2. The molecule has 0 unspecified atom stereocenters. The lowest BCUT2D eigenvalue weighted by Gasteiger charge is -2.45. The number of amides is 1. The van der Waals surface area contributed by atoms with E-state index in [-0.39, 0.29) is 11.5 Å². The standard InChI is InChI=1S/C23H26ClN3O/c24-19-8-6-16(7-9-19)10-23(14-26-15-23)22(28)27-13-18-11-25-12-20(18)21(27)17-4-2-1-3-5-17/h1-9,18,20-21,25-26H,10-15H2/t18-,20-,21+/m0/s1. The summed E-state index contributed by atoms with van der Waals surface area (Å²) >= 11 is 6.04. The van der Waals surface area contributed by atoms with Crippen molar-refractivity contribution < 1.29 is 4.79 Å². The third-order valence-corrected chi connectivity index (χ3v) is 7.05. The summed E-state index contributed by atoms with van der Waals surface area (Å²) < 4.78 is 0. The van der Waals surface area contributed by atoms with Crippen LogP contribution >= 0.6 is 11.6 Å². The highest BCUT2D eigenvalue weighted by molar-refractivity contribution is 6.30. The molecule has 0 bridgehead atoms. The molecule has 2 aromatic rings. The number of hydrogen-bond donors (Lipinski definition) is 2. The molecule has 5 rings (SSSR count). The van der Waals surface area contributed by atoms with Crippen molar-refractivity contribution >= 4 is 17.5 Å². The van der Waals surface area contributed by atoms with Gasteiger partial charge in [0.15, 0.2) is 0 Å². The van der Waals surface area contributed by atoms with E-state index in [1.165, 1.54) is 11.1 Å². The summed E-state index contributed by atoms with van der Waals surface area (Å²) in [7, 11) is 0. The van der Waals surface area contributed by atoms with Gasteiger partial charge in [0.25, 0.3) is 0 Å². The van der Waals surface area contributed by atoms with Crippen molar-refractivity contribution in [3.63, 3.8) is 0 Å². The van der Waals surface area contributed by atoms with E-state index in [1.807, 2.05) is 30.3 Å². The Morgan fingerprint density at radius 1 is 1.04 bits per heavy atom. The van der Waals surface area contributed by atoms with Crippen LogP contribution in [0, 0.1) is 17.3 Å². The topological polar surface area (TPSA) is 44.4 Å². The van der Waals surface area contributed by atoms with Crippen molar-refractivity contribution in [2.45, 2.75) is 12.5 Å². The molecule has 3 atom stereocenters. The van der Waals surface area contributed by atoms with Crippen LogP contribution in [0.25, 0.3) is 0 Å². The van der Waals surface area contributed by atoms with Gasteiger partial charge in [-0.3, -0.25) is 4.79 Å². The van der Waals surface area contributed by atoms with Crippen LogP contribution < -0.4 is 10.6 Å². The second-order valence-corrected chi connectivity index (χ2v) is 9.02. The van der Waals surface area contributed by atoms with Crippen molar-refractivity contribution in [3.8, 4) is 0 Å². The summed E-state index contributed by atoms with van der Waals surface area (Å²) in [5.74, 6) is 1.37. The highest BCUT2D eigenvalue weighted by atomic mass is 35.5. The zero-order chi connectivity index (χ0) is 19.1. The summed E-state index contributed by atoms with van der Waals surface area (Å²) in [5.41, 5.74) is 2.10. The molecule has 4 nitrogen and oxygen atoms in total. The smallest absolute Gasteiger partial charge is 0.232 e. The first kappa shape index (κ1) is 18.2.